The molecular weight excluding hydrogens is 284 g/mol. The minimum atomic E-state index is 0.0667. The second kappa shape index (κ2) is 5.83. The third-order valence-corrected chi connectivity index (χ3v) is 5.54. The van der Waals surface area contributed by atoms with Gasteiger partial charge in [-0.15, -0.1) is 0 Å². The van der Waals surface area contributed by atoms with Crippen LogP contribution in [0.15, 0.2) is 0 Å². The highest BCUT2D eigenvalue weighted by atomic mass is 32.1. The standard InChI is InChI=1S/C15H24N4OS/c1-9(2)6-17-15-18-13(16)12(21-15)14(20)19-7-10-4-3-5-11(10)8-19/h9-11H,3-8,16H2,1-2H3,(H,17,18). The van der Waals surface area contributed by atoms with Crippen LogP contribution in [0, 0.1) is 17.8 Å². The molecule has 0 aromatic carbocycles. The van der Waals surface area contributed by atoms with Crippen molar-refractivity contribution in [2.75, 3.05) is 30.7 Å². The molecule has 1 aromatic rings. The number of carbonyl (C=O) groups is 1. The van der Waals surface area contributed by atoms with Gasteiger partial charge in [0, 0.05) is 19.6 Å². The van der Waals surface area contributed by atoms with Crippen LogP contribution in [0.1, 0.15) is 42.8 Å². The first-order valence-electron chi connectivity index (χ1n) is 7.84. The lowest BCUT2D eigenvalue weighted by Crippen LogP contribution is -2.29. The Balaban J connectivity index is 1.67. The molecule has 5 nitrogen and oxygen atoms in total. The quantitative estimate of drug-likeness (QED) is 0.897. The number of likely N-dealkylation sites (tertiary alicyclic amines) is 1. The van der Waals surface area contributed by atoms with E-state index in [-0.39, 0.29) is 5.91 Å². The molecule has 3 rings (SSSR count). The molecule has 6 heteroatoms. The summed E-state index contributed by atoms with van der Waals surface area (Å²) in [6.45, 7) is 6.91. The van der Waals surface area contributed by atoms with E-state index in [0.717, 1.165) is 24.8 Å². The van der Waals surface area contributed by atoms with Crippen molar-refractivity contribution in [3.8, 4) is 0 Å². The third-order valence-electron chi connectivity index (χ3n) is 4.52. The van der Waals surface area contributed by atoms with E-state index in [1.54, 1.807) is 0 Å². The molecular formula is C15H24N4OS. The molecule has 0 radical (unpaired) electrons. The summed E-state index contributed by atoms with van der Waals surface area (Å²) in [5.41, 5.74) is 5.94. The minimum absolute atomic E-state index is 0.0667. The predicted octanol–water partition coefficient (Wildman–Crippen LogP) is 2.67. The maximum Gasteiger partial charge on any atom is 0.267 e. The van der Waals surface area contributed by atoms with Gasteiger partial charge in [0.15, 0.2) is 5.13 Å². The van der Waals surface area contributed by atoms with Crippen LogP contribution in [0.25, 0.3) is 0 Å². The zero-order chi connectivity index (χ0) is 15.0. The van der Waals surface area contributed by atoms with Gasteiger partial charge in [0.05, 0.1) is 0 Å². The number of rotatable bonds is 4. The molecule has 0 spiro atoms. The lowest BCUT2D eigenvalue weighted by atomic mass is 10.0. The fraction of sp³-hybridized carbons (Fsp3) is 0.733. The summed E-state index contributed by atoms with van der Waals surface area (Å²) < 4.78 is 0. The molecule has 2 atom stereocenters. The number of nitrogens with zero attached hydrogens (tertiary/aromatic N) is 2. The monoisotopic (exact) mass is 308 g/mol. The van der Waals surface area contributed by atoms with Crippen molar-refractivity contribution in [1.82, 2.24) is 9.88 Å². The molecule has 2 unspecified atom stereocenters. The van der Waals surface area contributed by atoms with Crippen molar-refractivity contribution < 1.29 is 4.79 Å². The first kappa shape index (κ1) is 14.6. The van der Waals surface area contributed by atoms with Crippen molar-refractivity contribution in [3.05, 3.63) is 4.88 Å². The van der Waals surface area contributed by atoms with Crippen LogP contribution in [-0.4, -0.2) is 35.4 Å². The largest absolute Gasteiger partial charge is 0.382 e. The molecule has 1 saturated carbocycles. The van der Waals surface area contributed by atoms with Crippen molar-refractivity contribution in [2.45, 2.75) is 33.1 Å². The Kier molecular flexibility index (Phi) is 4.06. The van der Waals surface area contributed by atoms with E-state index in [1.165, 1.54) is 30.6 Å². The molecule has 2 aliphatic rings. The summed E-state index contributed by atoms with van der Waals surface area (Å²) in [5.74, 6) is 2.39. The summed E-state index contributed by atoms with van der Waals surface area (Å²) in [7, 11) is 0. The molecule has 1 aliphatic heterocycles. The Hall–Kier alpha value is -1.30. The van der Waals surface area contributed by atoms with Crippen LogP contribution < -0.4 is 11.1 Å². The number of nitrogens with one attached hydrogen (secondary N) is 1. The number of anilines is 2. The number of nitrogens with two attached hydrogens (primary N) is 1. The molecule has 1 amide bonds. The van der Waals surface area contributed by atoms with E-state index in [4.69, 9.17) is 5.73 Å². The van der Waals surface area contributed by atoms with E-state index in [1.807, 2.05) is 4.90 Å². The van der Waals surface area contributed by atoms with Crippen LogP contribution in [0.3, 0.4) is 0 Å². The van der Waals surface area contributed by atoms with Crippen molar-refractivity contribution >= 4 is 28.2 Å². The predicted molar refractivity (Wildman–Crippen MR) is 86.6 cm³/mol. The zero-order valence-electron chi connectivity index (χ0n) is 12.8. The van der Waals surface area contributed by atoms with Gasteiger partial charge in [0.2, 0.25) is 0 Å². The average Bonchev–Trinajstić information content (AvgIpc) is 3.08. The number of carbonyl (C=O) groups excluding carboxylic acids is 1. The summed E-state index contributed by atoms with van der Waals surface area (Å²) >= 11 is 1.39. The summed E-state index contributed by atoms with van der Waals surface area (Å²) in [5, 5.41) is 4.00. The van der Waals surface area contributed by atoms with Gasteiger partial charge in [-0.3, -0.25) is 4.79 Å². The first-order valence-corrected chi connectivity index (χ1v) is 8.65. The van der Waals surface area contributed by atoms with Gasteiger partial charge >= 0.3 is 0 Å². The van der Waals surface area contributed by atoms with Crippen molar-refractivity contribution in [1.29, 1.82) is 0 Å². The summed E-state index contributed by atoms with van der Waals surface area (Å²) in [4.78, 5) is 19.5. The Bertz CT molecular complexity index is 516. The zero-order valence-corrected chi connectivity index (χ0v) is 13.6. The average molecular weight is 308 g/mol. The molecule has 1 saturated heterocycles. The molecule has 2 fully saturated rings. The highest BCUT2D eigenvalue weighted by Crippen LogP contribution is 2.39. The Morgan fingerprint density at radius 2 is 2.10 bits per heavy atom. The number of hydrogen-bond donors (Lipinski definition) is 2. The SMILES string of the molecule is CC(C)CNc1nc(N)c(C(=O)N2CC3CCCC3C2)s1. The maximum atomic E-state index is 12.6. The molecule has 21 heavy (non-hydrogen) atoms. The molecule has 1 aromatic heterocycles. The van der Waals surface area contributed by atoms with Crippen molar-refractivity contribution in [3.63, 3.8) is 0 Å². The lowest BCUT2D eigenvalue weighted by Gasteiger charge is -2.16. The highest BCUT2D eigenvalue weighted by Gasteiger charge is 2.39. The fourth-order valence-electron chi connectivity index (χ4n) is 3.40. The van der Waals surface area contributed by atoms with Gasteiger partial charge in [-0.05, 0) is 30.6 Å². The summed E-state index contributed by atoms with van der Waals surface area (Å²) in [6, 6.07) is 0. The first-order chi connectivity index (χ1) is 10.0. The minimum Gasteiger partial charge on any atom is -0.382 e. The summed E-state index contributed by atoms with van der Waals surface area (Å²) in [6.07, 6.45) is 3.87. The number of hydrogen-bond acceptors (Lipinski definition) is 5. The second-order valence-corrected chi connectivity index (χ2v) is 7.67. The molecule has 0 bridgehead atoms. The van der Waals surface area contributed by atoms with E-state index in [9.17, 15) is 4.79 Å². The molecule has 116 valence electrons. The van der Waals surface area contributed by atoms with E-state index in [2.05, 4.69) is 24.1 Å². The Morgan fingerprint density at radius 1 is 1.43 bits per heavy atom. The number of amides is 1. The van der Waals surface area contributed by atoms with Gasteiger partial charge in [-0.2, -0.15) is 0 Å². The van der Waals surface area contributed by atoms with Crippen LogP contribution >= 0.6 is 11.3 Å². The van der Waals surface area contributed by atoms with Gasteiger partial charge in [0.1, 0.15) is 10.7 Å². The van der Waals surface area contributed by atoms with Crippen LogP contribution in [0.2, 0.25) is 0 Å². The van der Waals surface area contributed by atoms with Crippen LogP contribution in [0.4, 0.5) is 10.9 Å². The number of nitrogen functional groups attached to an aromatic ring is 1. The van der Waals surface area contributed by atoms with Gasteiger partial charge in [0.25, 0.3) is 5.91 Å². The third kappa shape index (κ3) is 3.00. The number of aromatic nitrogens is 1. The topological polar surface area (TPSA) is 71.2 Å². The normalized spacial score (nSPS) is 24.6. The van der Waals surface area contributed by atoms with E-state index in [0.29, 0.717) is 28.4 Å². The van der Waals surface area contributed by atoms with Gasteiger partial charge in [-0.25, -0.2) is 4.98 Å². The van der Waals surface area contributed by atoms with E-state index < -0.39 is 0 Å². The van der Waals surface area contributed by atoms with Crippen LogP contribution in [-0.2, 0) is 0 Å². The highest BCUT2D eigenvalue weighted by molar-refractivity contribution is 7.18. The number of thiazole rings is 1. The van der Waals surface area contributed by atoms with E-state index >= 15 is 0 Å². The number of fused-ring (bicyclic) bond motifs is 1. The fourth-order valence-corrected chi connectivity index (χ4v) is 4.26. The Labute approximate surface area is 129 Å². The van der Waals surface area contributed by atoms with Gasteiger partial charge in [-0.1, -0.05) is 31.6 Å². The Morgan fingerprint density at radius 3 is 2.71 bits per heavy atom. The smallest absolute Gasteiger partial charge is 0.267 e. The molecule has 1 aliphatic carbocycles. The van der Waals surface area contributed by atoms with Crippen LogP contribution in [0.5, 0.6) is 0 Å². The second-order valence-electron chi connectivity index (χ2n) is 6.67. The lowest BCUT2D eigenvalue weighted by molar-refractivity contribution is 0.0786. The van der Waals surface area contributed by atoms with Gasteiger partial charge < -0.3 is 16.0 Å². The van der Waals surface area contributed by atoms with Crippen molar-refractivity contribution in [2.24, 2.45) is 17.8 Å². The maximum absolute atomic E-state index is 12.6. The molecule has 2 heterocycles. The molecule has 3 N–H and O–H groups in total.